The van der Waals surface area contributed by atoms with E-state index in [9.17, 15) is 33.9 Å². The topological polar surface area (TPSA) is 124 Å². The molecule has 0 bridgehead atoms. The van der Waals surface area contributed by atoms with Gasteiger partial charge in [0, 0.05) is 17.5 Å². The highest BCUT2D eigenvalue weighted by Crippen LogP contribution is 2.64. The number of benzene rings is 2. The van der Waals surface area contributed by atoms with Crippen LogP contribution in [0.5, 0.6) is 11.5 Å². The first kappa shape index (κ1) is 25.5. The molecule has 0 spiro atoms. The number of phenolic OH excluding ortho intramolecular Hbond substituents is 1. The van der Waals surface area contributed by atoms with Gasteiger partial charge in [-0.3, -0.25) is 24.4 Å². The highest BCUT2D eigenvalue weighted by molar-refractivity contribution is 6.31. The number of fused-ring (bicyclic) bond motifs is 4. The summed E-state index contributed by atoms with van der Waals surface area (Å²) >= 11 is 5.98. The number of carbonyl (C=O) groups is 4. The van der Waals surface area contributed by atoms with Crippen molar-refractivity contribution in [2.24, 2.45) is 29.1 Å². The molecule has 4 aliphatic rings. The van der Waals surface area contributed by atoms with Gasteiger partial charge in [0.05, 0.1) is 41.0 Å². The van der Waals surface area contributed by atoms with Crippen molar-refractivity contribution in [1.29, 1.82) is 0 Å². The van der Waals surface area contributed by atoms with Crippen molar-refractivity contribution in [3.63, 3.8) is 0 Å². The van der Waals surface area contributed by atoms with Gasteiger partial charge < -0.3 is 9.84 Å². The minimum absolute atomic E-state index is 0.0692. The molecule has 2 saturated heterocycles. The van der Waals surface area contributed by atoms with E-state index in [2.05, 4.69) is 0 Å². The van der Waals surface area contributed by atoms with Crippen molar-refractivity contribution in [3.05, 3.63) is 64.5 Å². The molecular formula is C28H24ClFN2O7. The lowest BCUT2D eigenvalue weighted by Crippen LogP contribution is -2.48. The van der Waals surface area contributed by atoms with Crippen molar-refractivity contribution >= 4 is 40.9 Å². The third-order valence-corrected chi connectivity index (χ3v) is 9.25. The Bertz CT molecular complexity index is 1510. The van der Waals surface area contributed by atoms with Crippen molar-refractivity contribution in [3.8, 4) is 11.5 Å². The number of halogens is 2. The molecule has 0 unspecified atom stereocenters. The van der Waals surface area contributed by atoms with Crippen LogP contribution in [0.1, 0.15) is 31.2 Å². The molecule has 0 radical (unpaired) electrons. The number of aromatic hydroxyl groups is 1. The van der Waals surface area contributed by atoms with Gasteiger partial charge in [-0.25, -0.2) is 9.29 Å². The highest BCUT2D eigenvalue weighted by Gasteiger charge is 2.68. The molecular weight excluding hydrogens is 531 g/mol. The van der Waals surface area contributed by atoms with Gasteiger partial charge in [-0.1, -0.05) is 29.3 Å². The lowest BCUT2D eigenvalue weighted by atomic mass is 9.51. The minimum atomic E-state index is -1.40. The Balaban J connectivity index is 1.55. The Morgan fingerprint density at radius 1 is 1.05 bits per heavy atom. The summed E-state index contributed by atoms with van der Waals surface area (Å²) in [5.41, 5.74) is -0.292. The zero-order valence-electron chi connectivity index (χ0n) is 20.9. The Morgan fingerprint density at radius 3 is 2.46 bits per heavy atom. The standard InChI is InChI=1S/C28H24ClFN2O7/c1-28-18(25(35)31(27(28)37)12-3-8-20(30)19(29)9-12)11-17-14(6-7-16-22(17)26(36)32(38)24(16)34)23(28)15-5-4-13(39-2)10-21(15)33/h3-6,8-10,16-18,22-23,33,38H,7,11H2,1-2H3/t16-,17+,18-,22-,23+,28+/m0/s1. The fourth-order valence-corrected chi connectivity index (χ4v) is 7.28. The molecule has 6 rings (SSSR count). The van der Waals surface area contributed by atoms with Gasteiger partial charge in [-0.05, 0) is 49.9 Å². The molecule has 4 amide bonds. The number of hydrogen-bond acceptors (Lipinski definition) is 7. The van der Waals surface area contributed by atoms with Crippen molar-refractivity contribution in [2.75, 3.05) is 12.0 Å². The maximum atomic E-state index is 14.2. The Labute approximate surface area is 227 Å². The first-order valence-electron chi connectivity index (χ1n) is 12.5. The fourth-order valence-electron chi connectivity index (χ4n) is 7.11. The number of methoxy groups -OCH3 is 1. The third kappa shape index (κ3) is 3.34. The molecule has 6 atom stereocenters. The molecule has 2 aromatic carbocycles. The SMILES string of the molecule is COc1ccc([C@H]2C3=CC[C@@H]4C(=O)N(O)C(=O)[C@@H]4[C@@H]3C[C@H]3C(=O)N(c4ccc(F)c(Cl)c4)C(=O)[C@@]23C)c(O)c1. The maximum absolute atomic E-state index is 14.2. The van der Waals surface area contributed by atoms with Gasteiger partial charge >= 0.3 is 0 Å². The summed E-state index contributed by atoms with van der Waals surface area (Å²) in [6.45, 7) is 1.65. The monoisotopic (exact) mass is 554 g/mol. The van der Waals surface area contributed by atoms with Crippen molar-refractivity contribution in [1.82, 2.24) is 5.06 Å². The Kier molecular flexibility index (Phi) is 5.64. The average molecular weight is 555 g/mol. The molecule has 0 aromatic heterocycles. The van der Waals surface area contributed by atoms with Crippen LogP contribution < -0.4 is 9.64 Å². The Morgan fingerprint density at radius 2 is 1.79 bits per heavy atom. The number of hydroxylamine groups is 2. The summed E-state index contributed by atoms with van der Waals surface area (Å²) in [7, 11) is 1.44. The molecule has 39 heavy (non-hydrogen) atoms. The van der Waals surface area contributed by atoms with E-state index in [0.29, 0.717) is 16.9 Å². The number of nitrogens with zero attached hydrogens (tertiary/aromatic N) is 2. The van der Waals surface area contributed by atoms with Crippen LogP contribution in [-0.4, -0.2) is 46.1 Å². The van der Waals surface area contributed by atoms with Crippen molar-refractivity contribution < 1.29 is 38.6 Å². The molecule has 9 nitrogen and oxygen atoms in total. The molecule has 3 fully saturated rings. The molecule has 11 heteroatoms. The molecule has 2 aliphatic heterocycles. The number of imide groups is 2. The van der Waals surface area contributed by atoms with Gasteiger partial charge in [0.2, 0.25) is 11.8 Å². The van der Waals surface area contributed by atoms with Crippen LogP contribution in [0.25, 0.3) is 0 Å². The lowest BCUT2D eigenvalue weighted by Gasteiger charge is -2.49. The highest BCUT2D eigenvalue weighted by atomic mass is 35.5. The second kappa shape index (κ2) is 8.62. The summed E-state index contributed by atoms with van der Waals surface area (Å²) in [5.74, 6) is -7.18. The average Bonchev–Trinajstić information content (AvgIpc) is 3.25. The fraction of sp³-hybridized carbons (Fsp3) is 0.357. The number of hydrogen-bond donors (Lipinski definition) is 2. The second-order valence-electron chi connectivity index (χ2n) is 10.7. The van der Waals surface area contributed by atoms with Gasteiger partial charge in [0.15, 0.2) is 0 Å². The molecule has 2 N–H and O–H groups in total. The second-order valence-corrected chi connectivity index (χ2v) is 11.1. The number of phenols is 1. The summed E-state index contributed by atoms with van der Waals surface area (Å²) < 4.78 is 19.1. The largest absolute Gasteiger partial charge is 0.508 e. The summed E-state index contributed by atoms with van der Waals surface area (Å²) in [6, 6.07) is 8.22. The van der Waals surface area contributed by atoms with E-state index in [1.165, 1.54) is 25.3 Å². The van der Waals surface area contributed by atoms with E-state index in [1.54, 1.807) is 25.1 Å². The number of rotatable bonds is 3. The van der Waals surface area contributed by atoms with Crippen LogP contribution in [-0.2, 0) is 19.2 Å². The predicted molar refractivity (Wildman–Crippen MR) is 134 cm³/mol. The van der Waals surface area contributed by atoms with Gasteiger partial charge in [-0.15, -0.1) is 0 Å². The van der Waals surface area contributed by atoms with E-state index in [1.807, 2.05) is 0 Å². The molecule has 2 aliphatic carbocycles. The normalized spacial score (nSPS) is 31.7. The van der Waals surface area contributed by atoms with Crippen LogP contribution in [0.2, 0.25) is 5.02 Å². The maximum Gasteiger partial charge on any atom is 0.257 e. The van der Waals surface area contributed by atoms with Crippen LogP contribution in [0.15, 0.2) is 48.0 Å². The van der Waals surface area contributed by atoms with E-state index in [4.69, 9.17) is 16.3 Å². The summed E-state index contributed by atoms with van der Waals surface area (Å²) in [4.78, 5) is 54.8. The number of allylic oxidation sites excluding steroid dienone is 2. The van der Waals surface area contributed by atoms with Gasteiger partial charge in [-0.2, -0.15) is 5.06 Å². The summed E-state index contributed by atoms with van der Waals surface area (Å²) in [5, 5.41) is 21.1. The third-order valence-electron chi connectivity index (χ3n) is 8.96. The quantitative estimate of drug-likeness (QED) is 0.336. The van der Waals surface area contributed by atoms with Gasteiger partial charge in [0.1, 0.15) is 17.3 Å². The van der Waals surface area contributed by atoms with E-state index >= 15 is 0 Å². The first-order chi connectivity index (χ1) is 18.5. The van der Waals surface area contributed by atoms with E-state index < -0.39 is 64.5 Å². The number of amides is 4. The number of ether oxygens (including phenoxy) is 1. The lowest BCUT2D eigenvalue weighted by molar-refractivity contribution is -0.173. The Hall–Kier alpha value is -3.76. The van der Waals surface area contributed by atoms with Crippen molar-refractivity contribution in [2.45, 2.75) is 25.7 Å². The first-order valence-corrected chi connectivity index (χ1v) is 12.9. The molecule has 2 aromatic rings. The summed E-state index contributed by atoms with van der Waals surface area (Å²) in [6.07, 6.45) is 2.02. The van der Waals surface area contributed by atoms with Crippen LogP contribution in [0.3, 0.4) is 0 Å². The van der Waals surface area contributed by atoms with Crippen LogP contribution >= 0.6 is 11.6 Å². The van der Waals surface area contributed by atoms with E-state index in [-0.39, 0.29) is 34.4 Å². The predicted octanol–water partition coefficient (Wildman–Crippen LogP) is 3.81. The number of carbonyl (C=O) groups excluding carboxylic acids is 4. The molecule has 1 saturated carbocycles. The zero-order chi connectivity index (χ0) is 28.0. The minimum Gasteiger partial charge on any atom is -0.508 e. The van der Waals surface area contributed by atoms with Crippen LogP contribution in [0, 0.1) is 34.9 Å². The number of anilines is 1. The molecule has 202 valence electrons. The zero-order valence-corrected chi connectivity index (χ0v) is 21.7. The van der Waals surface area contributed by atoms with E-state index in [0.717, 1.165) is 11.0 Å². The van der Waals surface area contributed by atoms with Crippen LogP contribution in [0.4, 0.5) is 10.1 Å². The van der Waals surface area contributed by atoms with Gasteiger partial charge in [0.25, 0.3) is 11.8 Å². The smallest absolute Gasteiger partial charge is 0.257 e. The molecule has 2 heterocycles.